The molecule has 1 aromatic heterocycles. The molecule has 0 fully saturated rings. The van der Waals surface area contributed by atoms with E-state index in [1.807, 2.05) is 49.4 Å². The van der Waals surface area contributed by atoms with Crippen molar-refractivity contribution < 1.29 is 9.15 Å². The average molecular weight is 294 g/mol. The summed E-state index contributed by atoms with van der Waals surface area (Å²) in [5.41, 5.74) is 4.50. The molecule has 0 N–H and O–H groups in total. The van der Waals surface area contributed by atoms with Crippen LogP contribution in [-0.2, 0) is 6.61 Å². The second-order valence-electron chi connectivity index (χ2n) is 5.35. The van der Waals surface area contributed by atoms with Crippen molar-refractivity contribution in [3.8, 4) is 17.2 Å². The maximum atomic E-state index is 5.71. The number of benzene rings is 2. The molecule has 0 bridgehead atoms. The number of aryl methyl sites for hydroxylation is 3. The van der Waals surface area contributed by atoms with Gasteiger partial charge in [0.05, 0.1) is 0 Å². The second kappa shape index (κ2) is 6.02. The van der Waals surface area contributed by atoms with E-state index in [0.29, 0.717) is 11.8 Å². The molecular weight excluding hydrogens is 276 g/mol. The molecule has 22 heavy (non-hydrogen) atoms. The summed E-state index contributed by atoms with van der Waals surface area (Å²) in [7, 11) is 0. The lowest BCUT2D eigenvalue weighted by atomic mass is 10.1. The molecule has 0 aliphatic carbocycles. The minimum Gasteiger partial charge on any atom is -0.484 e. The molecule has 0 aliphatic heterocycles. The van der Waals surface area contributed by atoms with Crippen LogP contribution >= 0.6 is 0 Å². The van der Waals surface area contributed by atoms with Gasteiger partial charge in [0, 0.05) is 5.56 Å². The first-order chi connectivity index (χ1) is 10.6. The molecule has 0 saturated heterocycles. The normalized spacial score (nSPS) is 10.7. The first-order valence-electron chi connectivity index (χ1n) is 7.22. The molecule has 0 unspecified atom stereocenters. The number of hydrogen-bond donors (Lipinski definition) is 0. The van der Waals surface area contributed by atoms with Gasteiger partial charge in [0.25, 0.3) is 5.89 Å². The van der Waals surface area contributed by atoms with Crippen LogP contribution < -0.4 is 4.74 Å². The lowest BCUT2D eigenvalue weighted by Gasteiger charge is -2.06. The Morgan fingerprint density at radius 1 is 0.909 bits per heavy atom. The summed E-state index contributed by atoms with van der Waals surface area (Å²) in [6, 6.07) is 13.9. The Morgan fingerprint density at radius 3 is 2.50 bits per heavy atom. The van der Waals surface area contributed by atoms with Gasteiger partial charge in [-0.3, -0.25) is 0 Å². The van der Waals surface area contributed by atoms with Crippen molar-refractivity contribution in [2.24, 2.45) is 0 Å². The van der Waals surface area contributed by atoms with Crippen molar-refractivity contribution in [3.63, 3.8) is 0 Å². The van der Waals surface area contributed by atoms with Gasteiger partial charge >= 0.3 is 0 Å². The highest BCUT2D eigenvalue weighted by molar-refractivity contribution is 5.57. The molecule has 0 amide bonds. The Hall–Kier alpha value is -2.62. The molecule has 0 saturated carbocycles. The zero-order valence-corrected chi connectivity index (χ0v) is 13.0. The standard InChI is InChI=1S/C18H18N2O2/c1-12-8-9-15(10-14(12)3)21-11-17-19-20-18(22-17)16-7-5-4-6-13(16)2/h4-10H,11H2,1-3H3. The summed E-state index contributed by atoms with van der Waals surface area (Å²) < 4.78 is 11.4. The number of hydrogen-bond acceptors (Lipinski definition) is 4. The first-order valence-corrected chi connectivity index (χ1v) is 7.22. The molecule has 0 radical (unpaired) electrons. The lowest BCUT2D eigenvalue weighted by molar-refractivity contribution is 0.264. The van der Waals surface area contributed by atoms with Crippen molar-refractivity contribution in [2.45, 2.75) is 27.4 Å². The van der Waals surface area contributed by atoms with Crippen LogP contribution in [-0.4, -0.2) is 10.2 Å². The van der Waals surface area contributed by atoms with E-state index in [0.717, 1.165) is 16.9 Å². The molecule has 2 aromatic carbocycles. The number of rotatable bonds is 4. The molecule has 3 rings (SSSR count). The van der Waals surface area contributed by atoms with Gasteiger partial charge in [-0.1, -0.05) is 24.3 Å². The van der Waals surface area contributed by atoms with E-state index in [4.69, 9.17) is 9.15 Å². The highest BCUT2D eigenvalue weighted by Gasteiger charge is 2.11. The summed E-state index contributed by atoms with van der Waals surface area (Å²) in [6.07, 6.45) is 0. The SMILES string of the molecule is Cc1ccc(OCc2nnc(-c3ccccc3C)o2)cc1C. The maximum absolute atomic E-state index is 5.71. The molecule has 112 valence electrons. The van der Waals surface area contributed by atoms with E-state index in [2.05, 4.69) is 24.0 Å². The molecule has 1 heterocycles. The summed E-state index contributed by atoms with van der Waals surface area (Å²) in [5.74, 6) is 1.80. The predicted octanol–water partition coefficient (Wildman–Crippen LogP) is 4.24. The lowest BCUT2D eigenvalue weighted by Crippen LogP contribution is -1.96. The molecule has 0 aliphatic rings. The van der Waals surface area contributed by atoms with Crippen LogP contribution in [0.1, 0.15) is 22.6 Å². The van der Waals surface area contributed by atoms with Crippen LogP contribution in [0.25, 0.3) is 11.5 Å². The Bertz CT molecular complexity index is 793. The van der Waals surface area contributed by atoms with E-state index in [9.17, 15) is 0 Å². The minimum atomic E-state index is 0.265. The predicted molar refractivity (Wildman–Crippen MR) is 84.7 cm³/mol. The molecule has 3 aromatic rings. The molecule has 4 heteroatoms. The van der Waals surface area contributed by atoms with E-state index in [-0.39, 0.29) is 6.61 Å². The molecule has 0 spiro atoms. The average Bonchev–Trinajstić information content (AvgIpc) is 2.98. The minimum absolute atomic E-state index is 0.265. The summed E-state index contributed by atoms with van der Waals surface area (Å²) in [4.78, 5) is 0. The summed E-state index contributed by atoms with van der Waals surface area (Å²) in [6.45, 7) is 6.42. The summed E-state index contributed by atoms with van der Waals surface area (Å²) in [5, 5.41) is 8.14. The smallest absolute Gasteiger partial charge is 0.254 e. The number of aromatic nitrogens is 2. The van der Waals surface area contributed by atoms with E-state index < -0.39 is 0 Å². The van der Waals surface area contributed by atoms with Crippen molar-refractivity contribution in [1.29, 1.82) is 0 Å². The van der Waals surface area contributed by atoms with E-state index >= 15 is 0 Å². The van der Waals surface area contributed by atoms with Crippen molar-refractivity contribution in [3.05, 3.63) is 65.0 Å². The van der Waals surface area contributed by atoms with Crippen molar-refractivity contribution in [2.75, 3.05) is 0 Å². The van der Waals surface area contributed by atoms with Crippen molar-refractivity contribution in [1.82, 2.24) is 10.2 Å². The van der Waals surface area contributed by atoms with Gasteiger partial charge in [-0.25, -0.2) is 0 Å². The molecule has 4 nitrogen and oxygen atoms in total. The number of ether oxygens (including phenoxy) is 1. The van der Waals surface area contributed by atoms with Crippen molar-refractivity contribution >= 4 is 0 Å². The van der Waals surface area contributed by atoms with Gasteiger partial charge < -0.3 is 9.15 Å². The monoisotopic (exact) mass is 294 g/mol. The Labute approximate surface area is 129 Å². The number of nitrogens with zero attached hydrogens (tertiary/aromatic N) is 2. The van der Waals surface area contributed by atoms with Gasteiger partial charge in [0.2, 0.25) is 5.89 Å². The van der Waals surface area contributed by atoms with E-state index in [1.54, 1.807) is 0 Å². The van der Waals surface area contributed by atoms with Crippen LogP contribution in [0, 0.1) is 20.8 Å². The third kappa shape index (κ3) is 3.01. The Kier molecular flexibility index (Phi) is 3.92. The first kappa shape index (κ1) is 14.3. The van der Waals surface area contributed by atoms with Gasteiger partial charge in [0.1, 0.15) is 5.75 Å². The second-order valence-corrected chi connectivity index (χ2v) is 5.35. The highest BCUT2D eigenvalue weighted by atomic mass is 16.5. The zero-order valence-electron chi connectivity index (χ0n) is 13.0. The highest BCUT2D eigenvalue weighted by Crippen LogP contribution is 2.22. The quantitative estimate of drug-likeness (QED) is 0.722. The maximum Gasteiger partial charge on any atom is 0.254 e. The molecular formula is C18H18N2O2. The van der Waals surface area contributed by atoms with Crippen LogP contribution in [0.4, 0.5) is 0 Å². The fourth-order valence-electron chi connectivity index (χ4n) is 2.18. The zero-order chi connectivity index (χ0) is 15.5. The van der Waals surface area contributed by atoms with Gasteiger partial charge in [0.15, 0.2) is 6.61 Å². The largest absolute Gasteiger partial charge is 0.484 e. The summed E-state index contributed by atoms with van der Waals surface area (Å²) >= 11 is 0. The van der Waals surface area contributed by atoms with Crippen LogP contribution in [0.5, 0.6) is 5.75 Å². The Balaban J connectivity index is 1.72. The van der Waals surface area contributed by atoms with Crippen LogP contribution in [0.15, 0.2) is 46.9 Å². The Morgan fingerprint density at radius 2 is 1.73 bits per heavy atom. The third-order valence-corrected chi connectivity index (χ3v) is 3.68. The van der Waals surface area contributed by atoms with Crippen LogP contribution in [0.2, 0.25) is 0 Å². The molecule has 0 atom stereocenters. The fourth-order valence-corrected chi connectivity index (χ4v) is 2.18. The van der Waals surface area contributed by atoms with Gasteiger partial charge in [-0.05, 0) is 55.7 Å². The van der Waals surface area contributed by atoms with Gasteiger partial charge in [-0.15, -0.1) is 10.2 Å². The third-order valence-electron chi connectivity index (χ3n) is 3.68. The van der Waals surface area contributed by atoms with E-state index in [1.165, 1.54) is 11.1 Å². The van der Waals surface area contributed by atoms with Gasteiger partial charge in [-0.2, -0.15) is 0 Å². The topological polar surface area (TPSA) is 48.2 Å². The fraction of sp³-hybridized carbons (Fsp3) is 0.222. The van der Waals surface area contributed by atoms with Crippen LogP contribution in [0.3, 0.4) is 0 Å².